The van der Waals surface area contributed by atoms with Gasteiger partial charge in [-0.3, -0.25) is 9.58 Å². The number of anilines is 1. The van der Waals surface area contributed by atoms with Crippen molar-refractivity contribution < 1.29 is 22.4 Å². The number of carbonyl (C=O) groups is 1. The van der Waals surface area contributed by atoms with E-state index in [4.69, 9.17) is 4.42 Å². The molecule has 0 aliphatic carbocycles. The number of amides is 2. The van der Waals surface area contributed by atoms with Crippen LogP contribution >= 0.6 is 0 Å². The molecule has 8 nitrogen and oxygen atoms in total. The fraction of sp³-hybridized carbons (Fsp3) is 0.360. The van der Waals surface area contributed by atoms with Crippen molar-refractivity contribution >= 4 is 22.6 Å². The summed E-state index contributed by atoms with van der Waals surface area (Å²) in [5.74, 6) is -1.63. The van der Waals surface area contributed by atoms with Crippen molar-refractivity contribution in [1.29, 1.82) is 0 Å². The molecule has 0 saturated carbocycles. The van der Waals surface area contributed by atoms with E-state index in [1.54, 1.807) is 16.0 Å². The number of urea groups is 1. The van der Waals surface area contributed by atoms with E-state index in [1.165, 1.54) is 12.1 Å². The molecule has 2 aromatic heterocycles. The van der Waals surface area contributed by atoms with E-state index in [0.717, 1.165) is 36.2 Å². The topological polar surface area (TPSA) is 80.3 Å². The van der Waals surface area contributed by atoms with Gasteiger partial charge in [-0.15, -0.1) is 10.2 Å². The predicted molar refractivity (Wildman–Crippen MR) is 127 cm³/mol. The van der Waals surface area contributed by atoms with Gasteiger partial charge >= 0.3 is 12.5 Å². The molecule has 36 heavy (non-hydrogen) atoms. The lowest BCUT2D eigenvalue weighted by molar-refractivity contribution is 0.116. The van der Waals surface area contributed by atoms with Crippen molar-refractivity contribution in [3.05, 3.63) is 59.9 Å². The zero-order chi connectivity index (χ0) is 25.2. The van der Waals surface area contributed by atoms with Crippen LogP contribution in [-0.2, 0) is 13.1 Å². The second kappa shape index (κ2) is 10.00. The number of aryl methyl sites for hydroxylation is 1. The van der Waals surface area contributed by atoms with Gasteiger partial charge in [0.25, 0.3) is 5.89 Å². The summed E-state index contributed by atoms with van der Waals surface area (Å²) in [5.41, 5.74) is 1.96. The fourth-order valence-corrected chi connectivity index (χ4v) is 4.42. The quantitative estimate of drug-likeness (QED) is 0.336. The number of benzene rings is 2. The van der Waals surface area contributed by atoms with Gasteiger partial charge in [-0.25, -0.2) is 9.18 Å². The fourth-order valence-electron chi connectivity index (χ4n) is 4.42. The zero-order valence-corrected chi connectivity index (χ0v) is 19.7. The number of likely N-dealkylation sites (tertiary alicyclic amines) is 1. The summed E-state index contributed by atoms with van der Waals surface area (Å²) in [7, 11) is 0. The van der Waals surface area contributed by atoms with Gasteiger partial charge in [-0.2, -0.15) is 13.9 Å². The largest absolute Gasteiger partial charge is 0.415 e. The van der Waals surface area contributed by atoms with Gasteiger partial charge in [0, 0.05) is 41.8 Å². The van der Waals surface area contributed by atoms with Crippen LogP contribution in [0.15, 0.2) is 47.0 Å². The zero-order valence-electron chi connectivity index (χ0n) is 19.7. The number of hydrogen-bond donors (Lipinski definition) is 0. The Bertz CT molecular complexity index is 1380. The summed E-state index contributed by atoms with van der Waals surface area (Å²) < 4.78 is 47.5. The summed E-state index contributed by atoms with van der Waals surface area (Å²) in [4.78, 5) is 17.0. The van der Waals surface area contributed by atoms with E-state index < -0.39 is 18.1 Å². The third-order valence-electron chi connectivity index (χ3n) is 6.35. The molecule has 11 heteroatoms. The van der Waals surface area contributed by atoms with Crippen molar-refractivity contribution in [3.8, 4) is 11.5 Å². The van der Waals surface area contributed by atoms with E-state index in [-0.39, 0.29) is 29.6 Å². The number of alkyl halides is 2. The minimum absolute atomic E-state index is 0.0146. The first-order valence-corrected chi connectivity index (χ1v) is 11.9. The van der Waals surface area contributed by atoms with Crippen LogP contribution in [0.25, 0.3) is 22.4 Å². The highest BCUT2D eigenvalue weighted by Gasteiger charge is 2.26. The van der Waals surface area contributed by atoms with Crippen molar-refractivity contribution in [2.75, 3.05) is 18.0 Å². The maximum atomic E-state index is 15.2. The van der Waals surface area contributed by atoms with Gasteiger partial charge in [0.05, 0.1) is 18.3 Å². The van der Waals surface area contributed by atoms with Crippen molar-refractivity contribution in [2.24, 2.45) is 0 Å². The Balaban J connectivity index is 1.48. The first-order chi connectivity index (χ1) is 17.4. The molecule has 188 valence electrons. The maximum absolute atomic E-state index is 15.2. The first kappa shape index (κ1) is 23.8. The smallest absolute Gasteiger partial charge is 0.324 e. The van der Waals surface area contributed by atoms with Crippen LogP contribution in [0.1, 0.15) is 44.1 Å². The minimum atomic E-state index is -2.91. The van der Waals surface area contributed by atoms with Crippen LogP contribution in [0.2, 0.25) is 0 Å². The molecule has 4 aromatic rings. The number of piperidine rings is 1. The average molecular weight is 499 g/mol. The normalized spacial score (nSPS) is 14.1. The van der Waals surface area contributed by atoms with E-state index >= 15 is 4.39 Å². The van der Waals surface area contributed by atoms with E-state index in [2.05, 4.69) is 15.3 Å². The molecule has 1 fully saturated rings. The Hall–Kier alpha value is -3.89. The third kappa shape index (κ3) is 4.65. The molecule has 0 radical (unpaired) electrons. The second-order valence-corrected chi connectivity index (χ2v) is 8.67. The molecule has 0 atom stereocenters. The molecule has 1 aliphatic heterocycles. The molecule has 0 N–H and O–H groups in total. The lowest BCUT2D eigenvalue weighted by Gasteiger charge is -2.33. The molecule has 1 aliphatic rings. The Morgan fingerprint density at radius 2 is 1.92 bits per heavy atom. The summed E-state index contributed by atoms with van der Waals surface area (Å²) >= 11 is 0. The summed E-state index contributed by atoms with van der Waals surface area (Å²) in [5, 5.41) is 12.2. The maximum Gasteiger partial charge on any atom is 0.324 e. The standard InChI is InChI=1S/C25H25F3N6O2/c1-2-34-21-13-19(9-8-17(21)14-29-34)33(25(35)32-10-4-3-5-11-32)15-18-7-6-16(12-20(18)26)23-30-31-24(36-23)22(27)28/h6-9,12-14,22H,2-5,10-11,15H2,1H3. The van der Waals surface area contributed by atoms with Crippen molar-refractivity contribution in [1.82, 2.24) is 24.9 Å². The highest BCUT2D eigenvalue weighted by molar-refractivity contribution is 5.94. The molecule has 0 spiro atoms. The van der Waals surface area contributed by atoms with Crippen LogP contribution < -0.4 is 4.90 Å². The number of nitrogens with zero attached hydrogens (tertiary/aromatic N) is 6. The molecule has 3 heterocycles. The first-order valence-electron chi connectivity index (χ1n) is 11.9. The number of carbonyl (C=O) groups excluding carboxylic acids is 1. The van der Waals surface area contributed by atoms with E-state index in [1.807, 2.05) is 29.8 Å². The van der Waals surface area contributed by atoms with Crippen molar-refractivity contribution in [2.45, 2.75) is 45.7 Å². The number of rotatable bonds is 6. The van der Waals surface area contributed by atoms with Gasteiger partial charge in [0.1, 0.15) is 5.82 Å². The number of aromatic nitrogens is 4. The monoisotopic (exact) mass is 498 g/mol. The third-order valence-corrected chi connectivity index (χ3v) is 6.35. The number of fused-ring (bicyclic) bond motifs is 1. The van der Waals surface area contributed by atoms with Crippen LogP contribution in [0.4, 0.5) is 23.7 Å². The molecular weight excluding hydrogens is 473 g/mol. The van der Waals surface area contributed by atoms with Crippen LogP contribution in [0, 0.1) is 5.82 Å². The van der Waals surface area contributed by atoms with Gasteiger partial charge in [-0.1, -0.05) is 6.07 Å². The predicted octanol–water partition coefficient (Wildman–Crippen LogP) is 5.80. The minimum Gasteiger partial charge on any atom is -0.415 e. The summed E-state index contributed by atoms with van der Waals surface area (Å²) in [6, 6.07) is 9.60. The Morgan fingerprint density at radius 1 is 1.11 bits per heavy atom. The lowest BCUT2D eigenvalue weighted by Crippen LogP contribution is -2.45. The van der Waals surface area contributed by atoms with Crippen molar-refractivity contribution in [3.63, 3.8) is 0 Å². The molecule has 2 aromatic carbocycles. The molecule has 2 amide bonds. The molecule has 1 saturated heterocycles. The SMILES string of the molecule is CCn1ncc2ccc(N(Cc3ccc(-c4nnc(C(F)F)o4)cc3F)C(=O)N3CCCCC3)cc21. The van der Waals surface area contributed by atoms with E-state index in [0.29, 0.717) is 25.3 Å². The lowest BCUT2D eigenvalue weighted by atomic mass is 10.1. The van der Waals surface area contributed by atoms with Crippen LogP contribution in [-0.4, -0.2) is 44.0 Å². The number of halogens is 3. The van der Waals surface area contributed by atoms with E-state index in [9.17, 15) is 13.6 Å². The van der Waals surface area contributed by atoms with Crippen LogP contribution in [0.5, 0.6) is 0 Å². The Morgan fingerprint density at radius 3 is 2.61 bits per heavy atom. The Labute approximate surface area is 205 Å². The molecule has 5 rings (SSSR count). The highest BCUT2D eigenvalue weighted by Crippen LogP contribution is 2.29. The summed E-state index contributed by atoms with van der Waals surface area (Å²) in [6.45, 7) is 3.94. The molecule has 0 unspecified atom stereocenters. The van der Waals surface area contributed by atoms with Gasteiger partial charge in [0.15, 0.2) is 0 Å². The van der Waals surface area contributed by atoms with Gasteiger partial charge < -0.3 is 9.32 Å². The van der Waals surface area contributed by atoms with Gasteiger partial charge in [-0.05, 0) is 56.5 Å². The summed E-state index contributed by atoms with van der Waals surface area (Å²) in [6.07, 6.45) is 1.79. The van der Waals surface area contributed by atoms with Gasteiger partial charge in [0.2, 0.25) is 5.89 Å². The second-order valence-electron chi connectivity index (χ2n) is 8.67. The highest BCUT2D eigenvalue weighted by atomic mass is 19.3. The molecular formula is C25H25F3N6O2. The average Bonchev–Trinajstić information content (AvgIpc) is 3.55. The van der Waals surface area contributed by atoms with Crippen LogP contribution in [0.3, 0.4) is 0 Å². The molecule has 0 bridgehead atoms. The Kier molecular flexibility index (Phi) is 6.62. The number of hydrogen-bond acceptors (Lipinski definition) is 5.